The van der Waals surface area contributed by atoms with Gasteiger partial charge in [-0.1, -0.05) is 16.8 Å². The molecule has 4 rings (SSSR count). The van der Waals surface area contributed by atoms with E-state index in [1.165, 1.54) is 0 Å². The predicted octanol–water partition coefficient (Wildman–Crippen LogP) is 4.28. The first-order valence-corrected chi connectivity index (χ1v) is 10.3. The number of likely N-dealkylation sites (tertiary alicyclic amines) is 1. The largest absolute Gasteiger partial charge is 0.494 e. The van der Waals surface area contributed by atoms with Crippen molar-refractivity contribution in [2.45, 2.75) is 25.4 Å². The molecule has 2 aromatic carbocycles. The third-order valence-electron chi connectivity index (χ3n) is 5.07. The van der Waals surface area contributed by atoms with Gasteiger partial charge in [0.2, 0.25) is 5.82 Å². The molecule has 1 saturated heterocycles. The van der Waals surface area contributed by atoms with Gasteiger partial charge < -0.3 is 19.3 Å². The van der Waals surface area contributed by atoms with E-state index in [0.717, 1.165) is 55.8 Å². The van der Waals surface area contributed by atoms with Gasteiger partial charge in [-0.25, -0.2) is 0 Å². The molecule has 29 heavy (non-hydrogen) atoms. The molecule has 0 amide bonds. The summed E-state index contributed by atoms with van der Waals surface area (Å²) < 4.78 is 11.2. The molecule has 2 heterocycles. The third kappa shape index (κ3) is 5.35. The Morgan fingerprint density at radius 3 is 2.45 bits per heavy atom. The van der Waals surface area contributed by atoms with Crippen molar-refractivity contribution in [2.24, 2.45) is 0 Å². The standard InChI is InChI=1S/C22H24ClN3O3/c23-18-6-2-16(3-7-18)21-24-22(29-25-21)17-4-8-20(9-5-17)28-15-1-12-26-13-10-19(27)11-14-26/h2-9,19,27H,1,10-15H2. The average molecular weight is 414 g/mol. The molecule has 1 N–H and O–H groups in total. The molecular formula is C22H24ClN3O3. The van der Waals surface area contributed by atoms with Crippen LogP contribution in [-0.4, -0.2) is 52.5 Å². The summed E-state index contributed by atoms with van der Waals surface area (Å²) in [6.45, 7) is 3.61. The van der Waals surface area contributed by atoms with E-state index in [4.69, 9.17) is 20.9 Å². The Morgan fingerprint density at radius 2 is 1.72 bits per heavy atom. The molecule has 6 nitrogen and oxygen atoms in total. The molecule has 0 atom stereocenters. The zero-order valence-electron chi connectivity index (χ0n) is 16.1. The monoisotopic (exact) mass is 413 g/mol. The van der Waals surface area contributed by atoms with Crippen LogP contribution < -0.4 is 4.74 Å². The molecule has 1 aliphatic rings. The van der Waals surface area contributed by atoms with Gasteiger partial charge in [-0.3, -0.25) is 0 Å². The molecule has 1 fully saturated rings. The number of hydrogen-bond acceptors (Lipinski definition) is 6. The van der Waals surface area contributed by atoms with Crippen LogP contribution in [0, 0.1) is 0 Å². The number of aromatic nitrogens is 2. The summed E-state index contributed by atoms with van der Waals surface area (Å²) in [5.41, 5.74) is 1.70. The van der Waals surface area contributed by atoms with E-state index in [-0.39, 0.29) is 6.10 Å². The van der Waals surface area contributed by atoms with Gasteiger partial charge in [0.15, 0.2) is 0 Å². The number of nitrogens with zero attached hydrogens (tertiary/aromatic N) is 3. The SMILES string of the molecule is OC1CCN(CCCOc2ccc(-c3nc(-c4ccc(Cl)cc4)no3)cc2)CC1. The summed E-state index contributed by atoms with van der Waals surface area (Å²) in [5, 5.41) is 14.3. The lowest BCUT2D eigenvalue weighted by atomic mass is 10.1. The molecule has 0 spiro atoms. The molecule has 0 bridgehead atoms. The maximum Gasteiger partial charge on any atom is 0.258 e. The third-order valence-corrected chi connectivity index (χ3v) is 5.33. The van der Waals surface area contributed by atoms with E-state index in [9.17, 15) is 5.11 Å². The summed E-state index contributed by atoms with van der Waals surface area (Å²) in [6.07, 6.45) is 2.59. The van der Waals surface area contributed by atoms with Crippen molar-refractivity contribution in [2.75, 3.05) is 26.2 Å². The van der Waals surface area contributed by atoms with Gasteiger partial charge in [-0.05, 0) is 67.8 Å². The maximum absolute atomic E-state index is 9.55. The first-order valence-electron chi connectivity index (χ1n) is 9.91. The lowest BCUT2D eigenvalue weighted by Crippen LogP contribution is -2.36. The van der Waals surface area contributed by atoms with Gasteiger partial charge in [0.1, 0.15) is 5.75 Å². The number of aliphatic hydroxyl groups excluding tert-OH is 1. The van der Waals surface area contributed by atoms with E-state index in [2.05, 4.69) is 15.0 Å². The lowest BCUT2D eigenvalue weighted by molar-refractivity contribution is 0.0800. The van der Waals surface area contributed by atoms with Crippen molar-refractivity contribution in [1.82, 2.24) is 15.0 Å². The fourth-order valence-electron chi connectivity index (χ4n) is 3.37. The normalized spacial score (nSPS) is 15.5. The number of rotatable bonds is 7. The van der Waals surface area contributed by atoms with Crippen molar-refractivity contribution < 1.29 is 14.4 Å². The second-order valence-corrected chi connectivity index (χ2v) is 7.67. The van der Waals surface area contributed by atoms with Crippen LogP contribution in [0.2, 0.25) is 5.02 Å². The number of aliphatic hydroxyl groups is 1. The second kappa shape index (κ2) is 9.39. The Balaban J connectivity index is 1.27. The van der Waals surface area contributed by atoms with Gasteiger partial charge in [0.05, 0.1) is 12.7 Å². The molecule has 7 heteroatoms. The zero-order chi connectivity index (χ0) is 20.1. The summed E-state index contributed by atoms with van der Waals surface area (Å²) in [6, 6.07) is 15.0. The molecule has 0 saturated carbocycles. The van der Waals surface area contributed by atoms with E-state index in [0.29, 0.717) is 23.3 Å². The number of ether oxygens (including phenoxy) is 1. The Bertz CT molecular complexity index is 904. The van der Waals surface area contributed by atoms with Gasteiger partial charge in [0, 0.05) is 35.8 Å². The quantitative estimate of drug-likeness (QED) is 0.583. The Hall–Kier alpha value is -2.41. The minimum absolute atomic E-state index is 0.123. The summed E-state index contributed by atoms with van der Waals surface area (Å²) in [5.74, 6) is 1.82. The minimum Gasteiger partial charge on any atom is -0.494 e. The van der Waals surface area contributed by atoms with E-state index in [1.807, 2.05) is 36.4 Å². The van der Waals surface area contributed by atoms with Crippen LogP contribution in [-0.2, 0) is 0 Å². The van der Waals surface area contributed by atoms with E-state index >= 15 is 0 Å². The van der Waals surface area contributed by atoms with Gasteiger partial charge in [-0.15, -0.1) is 0 Å². The number of benzene rings is 2. The van der Waals surface area contributed by atoms with Crippen LogP contribution in [0.5, 0.6) is 5.75 Å². The highest BCUT2D eigenvalue weighted by Gasteiger charge is 2.16. The highest BCUT2D eigenvalue weighted by atomic mass is 35.5. The number of halogens is 1. The minimum atomic E-state index is -0.123. The van der Waals surface area contributed by atoms with Gasteiger partial charge in [-0.2, -0.15) is 4.98 Å². The van der Waals surface area contributed by atoms with E-state index < -0.39 is 0 Å². The van der Waals surface area contributed by atoms with Crippen LogP contribution in [0.1, 0.15) is 19.3 Å². The fraction of sp³-hybridized carbons (Fsp3) is 0.364. The number of hydrogen-bond donors (Lipinski definition) is 1. The van der Waals surface area contributed by atoms with Crippen molar-refractivity contribution >= 4 is 11.6 Å². The van der Waals surface area contributed by atoms with Crippen LogP contribution in [0.3, 0.4) is 0 Å². The molecular weight excluding hydrogens is 390 g/mol. The average Bonchev–Trinajstić information content (AvgIpc) is 3.24. The second-order valence-electron chi connectivity index (χ2n) is 7.23. The predicted molar refractivity (Wildman–Crippen MR) is 112 cm³/mol. The van der Waals surface area contributed by atoms with Crippen LogP contribution in [0.4, 0.5) is 0 Å². The molecule has 0 unspecified atom stereocenters. The highest BCUT2D eigenvalue weighted by Crippen LogP contribution is 2.25. The van der Waals surface area contributed by atoms with Crippen molar-refractivity contribution in [1.29, 1.82) is 0 Å². The van der Waals surface area contributed by atoms with Crippen molar-refractivity contribution in [3.63, 3.8) is 0 Å². The van der Waals surface area contributed by atoms with Crippen molar-refractivity contribution in [3.05, 3.63) is 53.6 Å². The Morgan fingerprint density at radius 1 is 1.03 bits per heavy atom. The van der Waals surface area contributed by atoms with Crippen LogP contribution in [0.25, 0.3) is 22.8 Å². The molecule has 152 valence electrons. The molecule has 0 radical (unpaired) electrons. The summed E-state index contributed by atoms with van der Waals surface area (Å²) in [7, 11) is 0. The topological polar surface area (TPSA) is 71.6 Å². The van der Waals surface area contributed by atoms with E-state index in [1.54, 1.807) is 12.1 Å². The number of piperidine rings is 1. The van der Waals surface area contributed by atoms with Crippen molar-refractivity contribution in [3.8, 4) is 28.6 Å². The van der Waals surface area contributed by atoms with Crippen LogP contribution in [0.15, 0.2) is 53.1 Å². The molecule has 3 aromatic rings. The Labute approximate surface area is 175 Å². The summed E-state index contributed by atoms with van der Waals surface area (Å²) >= 11 is 5.92. The van der Waals surface area contributed by atoms with Gasteiger partial charge >= 0.3 is 0 Å². The maximum atomic E-state index is 9.55. The fourth-order valence-corrected chi connectivity index (χ4v) is 3.50. The molecule has 1 aliphatic heterocycles. The smallest absolute Gasteiger partial charge is 0.258 e. The summed E-state index contributed by atoms with van der Waals surface area (Å²) in [4.78, 5) is 6.84. The first-order chi connectivity index (χ1) is 14.2. The zero-order valence-corrected chi connectivity index (χ0v) is 16.9. The molecule has 1 aromatic heterocycles. The Kier molecular flexibility index (Phi) is 6.44. The molecule has 0 aliphatic carbocycles. The lowest BCUT2D eigenvalue weighted by Gasteiger charge is -2.29. The highest BCUT2D eigenvalue weighted by molar-refractivity contribution is 6.30. The van der Waals surface area contributed by atoms with Crippen LogP contribution >= 0.6 is 11.6 Å². The van der Waals surface area contributed by atoms with Gasteiger partial charge in [0.25, 0.3) is 5.89 Å². The first kappa shape index (κ1) is 19.9.